The van der Waals surface area contributed by atoms with E-state index in [1.165, 1.54) is 13.8 Å². The lowest BCUT2D eigenvalue weighted by molar-refractivity contribution is -0.157. The quantitative estimate of drug-likeness (QED) is 0.353. The molecule has 0 aliphatic heterocycles. The van der Waals surface area contributed by atoms with Crippen LogP contribution in [0.15, 0.2) is 11.3 Å². The summed E-state index contributed by atoms with van der Waals surface area (Å²) >= 11 is 0. The fourth-order valence-electron chi connectivity index (χ4n) is 2.23. The Bertz CT molecular complexity index is 622. The molecular formula is C16H22O8. The van der Waals surface area contributed by atoms with E-state index in [1.807, 2.05) is 0 Å². The molecule has 0 aromatic carbocycles. The van der Waals surface area contributed by atoms with Crippen LogP contribution in [0.2, 0.25) is 0 Å². The molecular weight excluding hydrogens is 320 g/mol. The number of carbonyl (C=O) groups excluding carboxylic acids is 4. The zero-order chi connectivity index (χ0) is 19.0. The van der Waals surface area contributed by atoms with Gasteiger partial charge in [-0.2, -0.15) is 0 Å². The van der Waals surface area contributed by atoms with Crippen LogP contribution in [0, 0.1) is 5.92 Å². The summed E-state index contributed by atoms with van der Waals surface area (Å²) in [7, 11) is 0. The highest BCUT2D eigenvalue weighted by Crippen LogP contribution is 2.32. The van der Waals surface area contributed by atoms with Crippen molar-refractivity contribution in [1.29, 1.82) is 0 Å². The number of aliphatic hydroxyl groups excluding tert-OH is 2. The molecule has 1 aliphatic carbocycles. The van der Waals surface area contributed by atoms with Crippen molar-refractivity contribution in [1.82, 2.24) is 0 Å². The largest absolute Gasteiger partial charge is 0.504 e. The molecule has 0 aromatic rings. The molecule has 24 heavy (non-hydrogen) atoms. The van der Waals surface area contributed by atoms with Crippen molar-refractivity contribution in [3.05, 3.63) is 11.3 Å². The van der Waals surface area contributed by atoms with Crippen molar-refractivity contribution < 1.29 is 39.6 Å². The number of carbonyl (C=O) groups is 4. The molecule has 8 nitrogen and oxygen atoms in total. The molecule has 0 radical (unpaired) electrons. The lowest BCUT2D eigenvalue weighted by Crippen LogP contribution is -2.53. The second kappa shape index (κ2) is 6.54. The van der Waals surface area contributed by atoms with E-state index in [0.717, 1.165) is 0 Å². The molecule has 134 valence electrons. The number of hydrogen-bond acceptors (Lipinski definition) is 8. The topological polar surface area (TPSA) is 149 Å². The fourth-order valence-corrected chi connectivity index (χ4v) is 2.23. The first-order valence-electron chi connectivity index (χ1n) is 7.46. The predicted molar refractivity (Wildman–Crippen MR) is 81.0 cm³/mol. The van der Waals surface area contributed by atoms with Crippen LogP contribution < -0.4 is 0 Å². The highest BCUT2D eigenvalue weighted by atomic mass is 16.3. The highest BCUT2D eigenvalue weighted by molar-refractivity contribution is 6.46. The molecule has 2 atom stereocenters. The Labute approximate surface area is 138 Å². The zero-order valence-electron chi connectivity index (χ0n) is 14.0. The second-order valence-corrected chi connectivity index (χ2v) is 6.91. The molecule has 8 heteroatoms. The Morgan fingerprint density at radius 2 is 1.62 bits per heavy atom. The van der Waals surface area contributed by atoms with Gasteiger partial charge >= 0.3 is 0 Å². The molecule has 0 fully saturated rings. The van der Waals surface area contributed by atoms with E-state index in [4.69, 9.17) is 0 Å². The van der Waals surface area contributed by atoms with Crippen LogP contribution >= 0.6 is 0 Å². The Balaban J connectivity index is 3.15. The van der Waals surface area contributed by atoms with Crippen LogP contribution in [-0.2, 0) is 19.2 Å². The summed E-state index contributed by atoms with van der Waals surface area (Å²) in [5.74, 6) is -6.77. The third-order valence-corrected chi connectivity index (χ3v) is 3.81. The van der Waals surface area contributed by atoms with Gasteiger partial charge in [0, 0.05) is 12.8 Å². The molecule has 4 N–H and O–H groups in total. The van der Waals surface area contributed by atoms with Gasteiger partial charge in [0.25, 0.3) is 5.60 Å². The normalized spacial score (nSPS) is 23.2. The zero-order valence-corrected chi connectivity index (χ0v) is 14.0. The van der Waals surface area contributed by atoms with Crippen LogP contribution in [-0.4, -0.2) is 60.9 Å². The van der Waals surface area contributed by atoms with Gasteiger partial charge in [-0.3, -0.25) is 19.2 Å². The van der Waals surface area contributed by atoms with E-state index in [9.17, 15) is 39.6 Å². The van der Waals surface area contributed by atoms with Gasteiger partial charge in [-0.1, -0.05) is 13.8 Å². The molecule has 0 spiro atoms. The van der Waals surface area contributed by atoms with Gasteiger partial charge in [-0.15, -0.1) is 0 Å². The summed E-state index contributed by atoms with van der Waals surface area (Å²) in [5, 5.41) is 39.3. The summed E-state index contributed by atoms with van der Waals surface area (Å²) in [4.78, 5) is 48.5. The van der Waals surface area contributed by atoms with Crippen LogP contribution in [0.5, 0.6) is 0 Å². The summed E-state index contributed by atoms with van der Waals surface area (Å²) in [6, 6.07) is 0. The summed E-state index contributed by atoms with van der Waals surface area (Å²) in [6.45, 7) is 5.74. The van der Waals surface area contributed by atoms with E-state index >= 15 is 0 Å². The minimum atomic E-state index is -3.25. The molecule has 0 heterocycles. The first-order chi connectivity index (χ1) is 10.7. The maximum atomic E-state index is 12.3. The average Bonchev–Trinajstić information content (AvgIpc) is 2.59. The van der Waals surface area contributed by atoms with E-state index < -0.39 is 58.2 Å². The van der Waals surface area contributed by atoms with Crippen molar-refractivity contribution in [3.8, 4) is 0 Å². The SMILES string of the molecule is CC(C)CC(=O)C1=C(O)C(=O)C(O)(C(=O)CC(O)C(C)(C)O)C1=O. The lowest BCUT2D eigenvalue weighted by Gasteiger charge is -2.26. The molecule has 2 unspecified atom stereocenters. The molecule has 0 saturated carbocycles. The highest BCUT2D eigenvalue weighted by Gasteiger charge is 2.60. The van der Waals surface area contributed by atoms with Gasteiger partial charge in [0.1, 0.15) is 5.57 Å². The van der Waals surface area contributed by atoms with Crippen LogP contribution in [0.4, 0.5) is 0 Å². The fraction of sp³-hybridized carbons (Fsp3) is 0.625. The third-order valence-electron chi connectivity index (χ3n) is 3.81. The standard InChI is InChI=1S/C16H22O8/c1-7(2)5-8(17)11-12(20)14(22)16(24,13(11)21)10(19)6-9(18)15(3,4)23/h7,9,18,20,23-24H,5-6H2,1-4H3. The van der Waals surface area contributed by atoms with Gasteiger partial charge in [0.15, 0.2) is 17.3 Å². The van der Waals surface area contributed by atoms with Crippen molar-refractivity contribution in [2.45, 2.75) is 57.8 Å². The van der Waals surface area contributed by atoms with Gasteiger partial charge in [0.2, 0.25) is 11.6 Å². The predicted octanol–water partition coefficient (Wildman–Crippen LogP) is -0.612. The minimum Gasteiger partial charge on any atom is -0.504 e. The van der Waals surface area contributed by atoms with Gasteiger partial charge < -0.3 is 20.4 Å². The average molecular weight is 342 g/mol. The number of ketones is 4. The lowest BCUT2D eigenvalue weighted by atomic mass is 9.85. The maximum absolute atomic E-state index is 12.3. The molecule has 0 amide bonds. The first kappa shape index (κ1) is 20.1. The Hall–Kier alpha value is -1.90. The van der Waals surface area contributed by atoms with E-state index in [1.54, 1.807) is 13.8 Å². The summed E-state index contributed by atoms with van der Waals surface area (Å²) in [6.07, 6.45) is -2.72. The molecule has 0 saturated heterocycles. The third kappa shape index (κ3) is 3.45. The van der Waals surface area contributed by atoms with E-state index in [2.05, 4.69) is 0 Å². The van der Waals surface area contributed by atoms with Crippen LogP contribution in [0.1, 0.15) is 40.5 Å². The van der Waals surface area contributed by atoms with E-state index in [-0.39, 0.29) is 12.3 Å². The number of rotatable bonds is 7. The Morgan fingerprint density at radius 1 is 1.12 bits per heavy atom. The number of aliphatic hydroxyl groups is 4. The molecule has 1 aliphatic rings. The molecule has 0 aromatic heterocycles. The Morgan fingerprint density at radius 3 is 2.04 bits per heavy atom. The summed E-state index contributed by atoms with van der Waals surface area (Å²) < 4.78 is 0. The van der Waals surface area contributed by atoms with Crippen molar-refractivity contribution in [2.24, 2.45) is 5.92 Å². The number of hydrogen-bond donors (Lipinski definition) is 4. The van der Waals surface area contributed by atoms with Gasteiger partial charge in [0.05, 0.1) is 11.7 Å². The van der Waals surface area contributed by atoms with Crippen LogP contribution in [0.3, 0.4) is 0 Å². The van der Waals surface area contributed by atoms with Crippen molar-refractivity contribution >= 4 is 23.1 Å². The molecule has 0 bridgehead atoms. The monoisotopic (exact) mass is 342 g/mol. The second-order valence-electron chi connectivity index (χ2n) is 6.91. The van der Waals surface area contributed by atoms with Gasteiger partial charge in [-0.05, 0) is 19.8 Å². The Kier molecular flexibility index (Phi) is 5.49. The number of Topliss-reactive ketones (excluding diaryl/α,β-unsaturated/α-hetero) is 4. The molecule has 1 rings (SSSR count). The first-order valence-corrected chi connectivity index (χ1v) is 7.46. The van der Waals surface area contributed by atoms with Gasteiger partial charge in [-0.25, -0.2) is 0 Å². The van der Waals surface area contributed by atoms with Crippen LogP contribution in [0.25, 0.3) is 0 Å². The van der Waals surface area contributed by atoms with Crippen molar-refractivity contribution in [3.63, 3.8) is 0 Å². The smallest absolute Gasteiger partial charge is 0.253 e. The minimum absolute atomic E-state index is 0.158. The van der Waals surface area contributed by atoms with Crippen molar-refractivity contribution in [2.75, 3.05) is 0 Å². The maximum Gasteiger partial charge on any atom is 0.253 e. The summed E-state index contributed by atoms with van der Waals surface area (Å²) in [5.41, 5.74) is -5.87. The van der Waals surface area contributed by atoms with E-state index in [0.29, 0.717) is 0 Å².